The van der Waals surface area contributed by atoms with Crippen LogP contribution < -0.4 is 25.0 Å². The summed E-state index contributed by atoms with van der Waals surface area (Å²) in [5.74, 6) is 4.11. The quantitative estimate of drug-likeness (QED) is 0.344. The van der Waals surface area contributed by atoms with E-state index >= 15 is 0 Å². The van der Waals surface area contributed by atoms with E-state index in [0.29, 0.717) is 12.6 Å². The van der Waals surface area contributed by atoms with Gasteiger partial charge in [-0.1, -0.05) is 0 Å². The van der Waals surface area contributed by atoms with Crippen LogP contribution in [0.4, 0.5) is 5.69 Å². The van der Waals surface area contributed by atoms with Crippen LogP contribution in [-0.2, 0) is 13.6 Å². The van der Waals surface area contributed by atoms with Gasteiger partial charge in [0.05, 0.1) is 20.8 Å². The van der Waals surface area contributed by atoms with Crippen LogP contribution in [0.1, 0.15) is 18.1 Å². The molecule has 2 heterocycles. The largest absolute Gasteiger partial charge is 0.497 e. The van der Waals surface area contributed by atoms with E-state index < -0.39 is 0 Å². The van der Waals surface area contributed by atoms with Crippen LogP contribution in [-0.4, -0.2) is 61.1 Å². The summed E-state index contributed by atoms with van der Waals surface area (Å²) in [5, 5.41) is 15.1. The molecule has 0 aliphatic carbocycles. The second kappa shape index (κ2) is 10.5. The number of rotatable bonds is 6. The number of anilines is 1. The van der Waals surface area contributed by atoms with Gasteiger partial charge >= 0.3 is 0 Å². The number of guanidine groups is 1. The third-order valence-corrected chi connectivity index (χ3v) is 5.05. The normalized spacial score (nSPS) is 16.4. The number of nitrogens with zero attached hydrogens (tertiary/aromatic N) is 5. The summed E-state index contributed by atoms with van der Waals surface area (Å²) in [7, 11) is 7.07. The number of benzene rings is 1. The van der Waals surface area contributed by atoms with E-state index in [1.165, 1.54) is 0 Å². The number of halogens is 1. The molecule has 2 N–H and O–H groups in total. The Kier molecular flexibility index (Phi) is 8.35. The molecule has 1 aliphatic rings. The average molecular weight is 515 g/mol. The number of ether oxygens (including phenoxy) is 2. The lowest BCUT2D eigenvalue weighted by Gasteiger charge is -2.21. The second-order valence-electron chi connectivity index (χ2n) is 6.80. The van der Waals surface area contributed by atoms with Gasteiger partial charge < -0.3 is 29.6 Å². The summed E-state index contributed by atoms with van der Waals surface area (Å²) < 4.78 is 12.7. The fourth-order valence-electron chi connectivity index (χ4n) is 3.24. The molecule has 1 fully saturated rings. The second-order valence-corrected chi connectivity index (χ2v) is 6.80. The SMILES string of the molecule is CN=C(NCc1nnc(C)n1C)NC1CCN(c2cc(OC)cc(OC)c2)C1.I. The Morgan fingerprint density at radius 2 is 1.90 bits per heavy atom. The molecule has 9 nitrogen and oxygen atoms in total. The van der Waals surface area contributed by atoms with Crippen molar-refractivity contribution < 1.29 is 9.47 Å². The van der Waals surface area contributed by atoms with Crippen molar-refractivity contribution in [3.05, 3.63) is 29.8 Å². The molecule has 0 spiro atoms. The third kappa shape index (κ3) is 5.64. The predicted octanol–water partition coefficient (Wildman–Crippen LogP) is 1.70. The minimum atomic E-state index is 0. The average Bonchev–Trinajstić information content (AvgIpc) is 3.32. The highest BCUT2D eigenvalue weighted by atomic mass is 127. The molecule has 1 aliphatic heterocycles. The van der Waals surface area contributed by atoms with Crippen LogP contribution >= 0.6 is 24.0 Å². The lowest BCUT2D eigenvalue weighted by atomic mass is 10.2. The molecular formula is C19H30IN7O2. The Balaban J connectivity index is 0.00000300. The molecule has 3 rings (SSSR count). The standard InChI is InChI=1S/C19H29N7O2.HI/c1-13-23-24-18(25(13)3)11-21-19(20-2)22-14-6-7-26(12-14)15-8-16(27-4)10-17(9-15)28-5;/h8-10,14H,6-7,11-12H2,1-5H3,(H2,20,21,22);1H. The molecule has 0 radical (unpaired) electrons. The van der Waals surface area contributed by atoms with E-state index in [1.807, 2.05) is 36.7 Å². The van der Waals surface area contributed by atoms with Crippen LogP contribution in [0.2, 0.25) is 0 Å². The number of aryl methyl sites for hydroxylation is 1. The Morgan fingerprint density at radius 3 is 2.45 bits per heavy atom. The molecule has 0 bridgehead atoms. The maximum atomic E-state index is 5.39. The van der Waals surface area contributed by atoms with Gasteiger partial charge in [0.15, 0.2) is 11.8 Å². The first-order chi connectivity index (χ1) is 13.5. The molecule has 0 amide bonds. The van der Waals surface area contributed by atoms with Crippen LogP contribution in [0.25, 0.3) is 0 Å². The van der Waals surface area contributed by atoms with E-state index in [4.69, 9.17) is 9.47 Å². The van der Waals surface area contributed by atoms with Gasteiger partial charge in [0, 0.05) is 57.1 Å². The van der Waals surface area contributed by atoms with E-state index in [-0.39, 0.29) is 24.0 Å². The lowest BCUT2D eigenvalue weighted by molar-refractivity contribution is 0.394. The van der Waals surface area contributed by atoms with Gasteiger partial charge in [0.1, 0.15) is 17.3 Å². The van der Waals surface area contributed by atoms with Crippen molar-refractivity contribution in [3.63, 3.8) is 0 Å². The monoisotopic (exact) mass is 515 g/mol. The summed E-state index contributed by atoms with van der Waals surface area (Å²) >= 11 is 0. The number of hydrogen-bond donors (Lipinski definition) is 2. The highest BCUT2D eigenvalue weighted by molar-refractivity contribution is 14.0. The highest BCUT2D eigenvalue weighted by Gasteiger charge is 2.24. The molecule has 2 aromatic rings. The number of methoxy groups -OCH3 is 2. The minimum absolute atomic E-state index is 0. The molecule has 160 valence electrons. The molecule has 1 atom stereocenters. The van der Waals surface area contributed by atoms with Crippen LogP contribution in [0.3, 0.4) is 0 Å². The van der Waals surface area contributed by atoms with Crippen molar-refractivity contribution >= 4 is 35.6 Å². The van der Waals surface area contributed by atoms with Crippen molar-refractivity contribution in [2.75, 3.05) is 39.3 Å². The molecule has 29 heavy (non-hydrogen) atoms. The van der Waals surface area contributed by atoms with Crippen molar-refractivity contribution in [1.82, 2.24) is 25.4 Å². The topological polar surface area (TPSA) is 88.8 Å². The zero-order valence-electron chi connectivity index (χ0n) is 17.6. The van der Waals surface area contributed by atoms with Crippen LogP contribution in [0.15, 0.2) is 23.2 Å². The highest BCUT2D eigenvalue weighted by Crippen LogP contribution is 2.30. The summed E-state index contributed by atoms with van der Waals surface area (Å²) in [4.78, 5) is 6.66. The van der Waals surface area contributed by atoms with Crippen LogP contribution in [0.5, 0.6) is 11.5 Å². The predicted molar refractivity (Wildman–Crippen MR) is 125 cm³/mol. The third-order valence-electron chi connectivity index (χ3n) is 5.05. The first-order valence-electron chi connectivity index (χ1n) is 9.34. The Bertz CT molecular complexity index is 818. The van der Waals surface area contributed by atoms with Gasteiger partial charge in [-0.3, -0.25) is 4.99 Å². The van der Waals surface area contributed by atoms with Crippen LogP contribution in [0, 0.1) is 6.92 Å². The van der Waals surface area contributed by atoms with Crippen molar-refractivity contribution in [1.29, 1.82) is 0 Å². The first-order valence-corrected chi connectivity index (χ1v) is 9.34. The van der Waals surface area contributed by atoms with Gasteiger partial charge in [-0.25, -0.2) is 0 Å². The van der Waals surface area contributed by atoms with E-state index in [1.54, 1.807) is 21.3 Å². The van der Waals surface area contributed by atoms with E-state index in [2.05, 4.69) is 30.7 Å². The Labute approximate surface area is 188 Å². The Morgan fingerprint density at radius 1 is 1.21 bits per heavy atom. The lowest BCUT2D eigenvalue weighted by Crippen LogP contribution is -2.44. The molecule has 1 unspecified atom stereocenters. The fraction of sp³-hybridized carbons (Fsp3) is 0.526. The maximum absolute atomic E-state index is 5.39. The molecular weight excluding hydrogens is 485 g/mol. The Hall–Kier alpha value is -2.24. The molecule has 0 saturated carbocycles. The van der Waals surface area contributed by atoms with Gasteiger partial charge in [-0.2, -0.15) is 0 Å². The smallest absolute Gasteiger partial charge is 0.191 e. The van der Waals surface area contributed by atoms with Gasteiger partial charge in [0.25, 0.3) is 0 Å². The summed E-state index contributed by atoms with van der Waals surface area (Å²) in [6, 6.07) is 6.25. The zero-order valence-corrected chi connectivity index (χ0v) is 19.9. The zero-order chi connectivity index (χ0) is 20.1. The molecule has 1 aromatic heterocycles. The summed E-state index contributed by atoms with van der Waals surface area (Å²) in [6.07, 6.45) is 1.02. The molecule has 1 aromatic carbocycles. The first kappa shape index (κ1) is 23.0. The van der Waals surface area contributed by atoms with Crippen molar-refractivity contribution in [2.24, 2.45) is 12.0 Å². The van der Waals surface area contributed by atoms with Gasteiger partial charge in [0.2, 0.25) is 0 Å². The number of nitrogens with one attached hydrogen (secondary N) is 2. The summed E-state index contributed by atoms with van der Waals surface area (Å²) in [5.41, 5.74) is 1.10. The number of aromatic nitrogens is 3. The van der Waals surface area contributed by atoms with Gasteiger partial charge in [-0.15, -0.1) is 34.2 Å². The van der Waals surface area contributed by atoms with E-state index in [0.717, 1.165) is 54.3 Å². The maximum Gasteiger partial charge on any atom is 0.191 e. The number of aliphatic imine (C=N–C) groups is 1. The minimum Gasteiger partial charge on any atom is -0.497 e. The molecule has 10 heteroatoms. The molecule has 1 saturated heterocycles. The van der Waals surface area contributed by atoms with Gasteiger partial charge in [-0.05, 0) is 13.3 Å². The van der Waals surface area contributed by atoms with E-state index in [9.17, 15) is 0 Å². The summed E-state index contributed by atoms with van der Waals surface area (Å²) in [6.45, 7) is 4.33. The number of hydrogen-bond acceptors (Lipinski definition) is 6. The van der Waals surface area contributed by atoms with Crippen molar-refractivity contribution in [3.8, 4) is 11.5 Å². The fourth-order valence-corrected chi connectivity index (χ4v) is 3.24. The van der Waals surface area contributed by atoms with Crippen molar-refractivity contribution in [2.45, 2.75) is 25.9 Å².